The van der Waals surface area contributed by atoms with Crippen LogP contribution in [0.4, 0.5) is 0 Å². The van der Waals surface area contributed by atoms with Crippen molar-refractivity contribution in [1.82, 2.24) is 0 Å². The van der Waals surface area contributed by atoms with Crippen LogP contribution in [0.1, 0.15) is 50.8 Å². The van der Waals surface area contributed by atoms with Crippen LogP contribution in [0, 0.1) is 0 Å². The molecule has 3 rings (SSSR count). The van der Waals surface area contributed by atoms with Gasteiger partial charge in [-0.05, 0) is 63.4 Å². The maximum Gasteiger partial charge on any atom is -0.00990 e. The molecule has 0 nitrogen and oxygen atoms in total. The van der Waals surface area contributed by atoms with E-state index in [2.05, 4.69) is 101 Å². The van der Waals surface area contributed by atoms with E-state index in [1.807, 2.05) is 6.08 Å². The molecule has 132 valence electrons. The molecule has 3 aromatic rings. The zero-order valence-corrected chi connectivity index (χ0v) is 16.3. The van der Waals surface area contributed by atoms with Crippen molar-refractivity contribution in [3.8, 4) is 11.1 Å². The van der Waals surface area contributed by atoms with Gasteiger partial charge in [-0.1, -0.05) is 94.1 Å². The van der Waals surface area contributed by atoms with Crippen molar-refractivity contribution in [3.63, 3.8) is 0 Å². The van der Waals surface area contributed by atoms with E-state index in [9.17, 15) is 0 Å². The summed E-state index contributed by atoms with van der Waals surface area (Å²) in [6.45, 7) is 13.0. The summed E-state index contributed by atoms with van der Waals surface area (Å²) in [7, 11) is 0. The first kappa shape index (κ1) is 18.2. The molecule has 0 saturated heterocycles. The zero-order valence-electron chi connectivity index (χ0n) is 16.3. The van der Waals surface area contributed by atoms with Crippen molar-refractivity contribution < 1.29 is 0 Å². The highest BCUT2D eigenvalue weighted by atomic mass is 14.2. The highest BCUT2D eigenvalue weighted by Crippen LogP contribution is 2.36. The lowest BCUT2D eigenvalue weighted by atomic mass is 9.81. The smallest absolute Gasteiger partial charge is 0.00990 e. The maximum atomic E-state index is 4.04. The Morgan fingerprint density at radius 2 is 1.62 bits per heavy atom. The van der Waals surface area contributed by atoms with Gasteiger partial charge in [0.05, 0.1) is 0 Å². The van der Waals surface area contributed by atoms with Crippen molar-refractivity contribution in [3.05, 3.63) is 83.9 Å². The Balaban J connectivity index is 2.23. The second-order valence-corrected chi connectivity index (χ2v) is 7.49. The molecule has 0 bridgehead atoms. The molecule has 0 unspecified atom stereocenters. The Kier molecular flexibility index (Phi) is 5.13. The van der Waals surface area contributed by atoms with Gasteiger partial charge in [-0.3, -0.25) is 0 Å². The third-order valence-corrected chi connectivity index (χ3v) is 5.53. The van der Waals surface area contributed by atoms with Crippen LogP contribution in [0.25, 0.3) is 34.1 Å². The summed E-state index contributed by atoms with van der Waals surface area (Å²) >= 11 is 0. The Bertz CT molecular complexity index is 953. The van der Waals surface area contributed by atoms with Gasteiger partial charge in [0.15, 0.2) is 0 Å². The number of rotatable bonds is 5. The van der Waals surface area contributed by atoms with E-state index in [0.29, 0.717) is 0 Å². The van der Waals surface area contributed by atoms with E-state index in [1.54, 1.807) is 0 Å². The number of benzene rings is 3. The van der Waals surface area contributed by atoms with Crippen LogP contribution in [0.5, 0.6) is 0 Å². The Morgan fingerprint density at radius 3 is 2.19 bits per heavy atom. The fourth-order valence-electron chi connectivity index (χ4n) is 3.48. The molecule has 0 aliphatic heterocycles. The van der Waals surface area contributed by atoms with Crippen molar-refractivity contribution in [2.45, 2.75) is 39.5 Å². The predicted molar refractivity (Wildman–Crippen MR) is 118 cm³/mol. The Labute approximate surface area is 157 Å². The summed E-state index contributed by atoms with van der Waals surface area (Å²) in [5.41, 5.74) is 6.54. The zero-order chi connectivity index (χ0) is 18.7. The van der Waals surface area contributed by atoms with E-state index in [-0.39, 0.29) is 5.41 Å². The second-order valence-electron chi connectivity index (χ2n) is 7.49. The molecule has 0 atom stereocenters. The van der Waals surface area contributed by atoms with E-state index in [4.69, 9.17) is 0 Å². The lowest BCUT2D eigenvalue weighted by Gasteiger charge is -2.23. The fourth-order valence-corrected chi connectivity index (χ4v) is 3.48. The molecule has 0 spiro atoms. The third-order valence-electron chi connectivity index (χ3n) is 5.53. The van der Waals surface area contributed by atoms with Crippen LogP contribution in [-0.2, 0) is 5.41 Å². The van der Waals surface area contributed by atoms with E-state index in [0.717, 1.165) is 6.42 Å². The molecule has 3 aromatic carbocycles. The van der Waals surface area contributed by atoms with Gasteiger partial charge in [0.25, 0.3) is 0 Å². The van der Waals surface area contributed by atoms with Crippen LogP contribution in [-0.4, -0.2) is 0 Å². The van der Waals surface area contributed by atoms with Crippen LogP contribution in [0.15, 0.2) is 67.3 Å². The van der Waals surface area contributed by atoms with Crippen LogP contribution >= 0.6 is 0 Å². The average molecular weight is 341 g/mol. The van der Waals surface area contributed by atoms with Crippen LogP contribution in [0.3, 0.4) is 0 Å². The monoisotopic (exact) mass is 340 g/mol. The molecule has 0 saturated carbocycles. The molecule has 0 heterocycles. The SMILES string of the molecule is C=Cc1cc(-c2ccc(C(C)(C)CC)cc2)c2ccccc2c1/C=C\C. The van der Waals surface area contributed by atoms with E-state index >= 15 is 0 Å². The normalized spacial score (nSPS) is 12.0. The molecule has 0 N–H and O–H groups in total. The van der Waals surface area contributed by atoms with Gasteiger partial charge in [0.1, 0.15) is 0 Å². The van der Waals surface area contributed by atoms with E-state index in [1.165, 1.54) is 38.6 Å². The highest BCUT2D eigenvalue weighted by Gasteiger charge is 2.18. The molecular formula is C26H28. The summed E-state index contributed by atoms with van der Waals surface area (Å²) in [6, 6.07) is 20.0. The molecule has 0 radical (unpaired) electrons. The topological polar surface area (TPSA) is 0 Å². The highest BCUT2D eigenvalue weighted by molar-refractivity contribution is 6.03. The first-order valence-electron chi connectivity index (χ1n) is 9.43. The van der Waals surface area contributed by atoms with Crippen molar-refractivity contribution in [1.29, 1.82) is 0 Å². The minimum absolute atomic E-state index is 0.211. The van der Waals surface area contributed by atoms with Crippen molar-refractivity contribution in [2.75, 3.05) is 0 Å². The molecule has 26 heavy (non-hydrogen) atoms. The van der Waals surface area contributed by atoms with Gasteiger partial charge < -0.3 is 0 Å². The van der Waals surface area contributed by atoms with Gasteiger partial charge in [-0.25, -0.2) is 0 Å². The molecule has 0 heteroatoms. The van der Waals surface area contributed by atoms with Gasteiger partial charge in [-0.15, -0.1) is 0 Å². The van der Waals surface area contributed by atoms with E-state index < -0.39 is 0 Å². The van der Waals surface area contributed by atoms with Gasteiger partial charge in [-0.2, -0.15) is 0 Å². The fraction of sp³-hybridized carbons (Fsp3) is 0.231. The largest absolute Gasteiger partial charge is 0.0984 e. The van der Waals surface area contributed by atoms with Crippen LogP contribution in [0.2, 0.25) is 0 Å². The number of allylic oxidation sites excluding steroid dienone is 1. The predicted octanol–water partition coefficient (Wildman–Crippen LogP) is 7.87. The number of fused-ring (bicyclic) bond motifs is 1. The minimum Gasteiger partial charge on any atom is -0.0984 e. The third kappa shape index (κ3) is 3.24. The maximum absolute atomic E-state index is 4.04. The summed E-state index contributed by atoms with van der Waals surface area (Å²) in [6.07, 6.45) is 7.36. The molecule has 0 aliphatic carbocycles. The second kappa shape index (κ2) is 7.33. The molecule has 0 amide bonds. The van der Waals surface area contributed by atoms with Gasteiger partial charge in [0, 0.05) is 0 Å². The Morgan fingerprint density at radius 1 is 0.962 bits per heavy atom. The summed E-state index contributed by atoms with van der Waals surface area (Å²) in [5, 5.41) is 2.56. The number of hydrogen-bond donors (Lipinski definition) is 0. The quantitative estimate of drug-likeness (QED) is 0.443. The lowest BCUT2D eigenvalue weighted by molar-refractivity contribution is 0.506. The van der Waals surface area contributed by atoms with Crippen LogP contribution < -0.4 is 0 Å². The first-order chi connectivity index (χ1) is 12.5. The molecule has 0 aliphatic rings. The first-order valence-corrected chi connectivity index (χ1v) is 9.43. The molecule has 0 aromatic heterocycles. The summed E-state index contributed by atoms with van der Waals surface area (Å²) in [4.78, 5) is 0. The molecule has 0 fully saturated rings. The standard InChI is InChI=1S/C26H28/c1-6-11-22-19(7-2)18-25(24-13-10-9-12-23(22)24)20-14-16-21(17-15-20)26(4,5)8-3/h6-7,9-18H,2,8H2,1,3-5H3/b11-6-. The average Bonchev–Trinajstić information content (AvgIpc) is 2.68. The van der Waals surface area contributed by atoms with Crippen molar-refractivity contribution in [2.24, 2.45) is 0 Å². The minimum atomic E-state index is 0.211. The van der Waals surface area contributed by atoms with Gasteiger partial charge in [0.2, 0.25) is 0 Å². The summed E-state index contributed by atoms with van der Waals surface area (Å²) < 4.78 is 0. The van der Waals surface area contributed by atoms with Crippen molar-refractivity contribution >= 4 is 22.9 Å². The number of hydrogen-bond acceptors (Lipinski definition) is 0. The Hall–Kier alpha value is -2.60. The summed E-state index contributed by atoms with van der Waals surface area (Å²) in [5.74, 6) is 0. The lowest BCUT2D eigenvalue weighted by Crippen LogP contribution is -2.14. The van der Waals surface area contributed by atoms with Gasteiger partial charge >= 0.3 is 0 Å². The molecular weight excluding hydrogens is 312 g/mol.